The molecular formula is C13H22N2S. The number of thioether (sulfide) groups is 1. The second-order valence-corrected chi connectivity index (χ2v) is 7.04. The first kappa shape index (κ1) is 13.4. The lowest BCUT2D eigenvalue weighted by atomic mass is 10.3. The molecule has 1 atom stereocenters. The van der Waals surface area contributed by atoms with E-state index in [0.29, 0.717) is 10.8 Å². The monoisotopic (exact) mass is 238 g/mol. The third kappa shape index (κ3) is 5.40. The van der Waals surface area contributed by atoms with Crippen molar-refractivity contribution in [3.05, 3.63) is 23.9 Å². The number of aryl methyl sites for hydroxylation is 1. The summed E-state index contributed by atoms with van der Waals surface area (Å²) >= 11 is 1.97. The molecule has 1 rings (SSSR count). The summed E-state index contributed by atoms with van der Waals surface area (Å²) in [6.45, 7) is 11.0. The lowest BCUT2D eigenvalue weighted by Crippen LogP contribution is -2.22. The number of nitrogens with zero attached hydrogens (tertiary/aromatic N) is 1. The van der Waals surface area contributed by atoms with Crippen LogP contribution in [0.2, 0.25) is 0 Å². The zero-order valence-electron chi connectivity index (χ0n) is 10.9. The van der Waals surface area contributed by atoms with E-state index in [0.717, 1.165) is 11.6 Å². The average Bonchev–Trinajstić information content (AvgIpc) is 2.18. The van der Waals surface area contributed by atoms with Gasteiger partial charge in [0.25, 0.3) is 0 Å². The smallest absolute Gasteiger partial charge is 0.126 e. The highest BCUT2D eigenvalue weighted by molar-refractivity contribution is 8.00. The second-order valence-electron chi connectivity index (χ2n) is 5.19. The van der Waals surface area contributed by atoms with Crippen LogP contribution in [0, 0.1) is 6.92 Å². The molecule has 0 bridgehead atoms. The predicted molar refractivity (Wildman–Crippen MR) is 74.3 cm³/mol. The lowest BCUT2D eigenvalue weighted by molar-refractivity contribution is 0.793. The molecule has 0 aliphatic carbocycles. The van der Waals surface area contributed by atoms with Gasteiger partial charge in [-0.15, -0.1) is 0 Å². The van der Waals surface area contributed by atoms with Crippen molar-refractivity contribution in [3.63, 3.8) is 0 Å². The first-order chi connectivity index (χ1) is 7.37. The summed E-state index contributed by atoms with van der Waals surface area (Å²) in [7, 11) is 0. The van der Waals surface area contributed by atoms with E-state index in [1.54, 1.807) is 0 Å². The number of rotatable bonds is 4. The summed E-state index contributed by atoms with van der Waals surface area (Å²) in [5.74, 6) is 2.06. The molecule has 0 saturated carbocycles. The van der Waals surface area contributed by atoms with Gasteiger partial charge < -0.3 is 5.32 Å². The van der Waals surface area contributed by atoms with Gasteiger partial charge in [0.15, 0.2) is 0 Å². The molecule has 0 amide bonds. The van der Waals surface area contributed by atoms with Crippen molar-refractivity contribution in [1.29, 1.82) is 0 Å². The first-order valence-corrected chi connectivity index (χ1v) is 6.68. The van der Waals surface area contributed by atoms with E-state index < -0.39 is 0 Å². The Kier molecular flexibility index (Phi) is 4.66. The van der Waals surface area contributed by atoms with Crippen LogP contribution in [0.5, 0.6) is 0 Å². The van der Waals surface area contributed by atoms with E-state index in [1.807, 2.05) is 24.0 Å². The minimum atomic E-state index is 0.330. The fourth-order valence-electron chi connectivity index (χ4n) is 1.22. The highest BCUT2D eigenvalue weighted by Gasteiger charge is 2.12. The summed E-state index contributed by atoms with van der Waals surface area (Å²) in [5, 5.41) is 3.41. The van der Waals surface area contributed by atoms with E-state index in [4.69, 9.17) is 0 Å². The molecule has 0 radical (unpaired) electrons. The van der Waals surface area contributed by atoms with Gasteiger partial charge in [-0.25, -0.2) is 4.98 Å². The van der Waals surface area contributed by atoms with Gasteiger partial charge in [-0.2, -0.15) is 11.8 Å². The Morgan fingerprint density at radius 1 is 1.38 bits per heavy atom. The van der Waals surface area contributed by atoms with Crippen LogP contribution < -0.4 is 5.32 Å². The fourth-order valence-corrected chi connectivity index (χ4v) is 2.06. The standard InChI is InChI=1S/C13H22N2S/c1-10-6-7-12(14-8-10)15-11(2)9-16-13(3,4)5/h6-8,11H,9H2,1-5H3,(H,14,15). The highest BCUT2D eigenvalue weighted by atomic mass is 32.2. The molecule has 90 valence electrons. The molecule has 1 N–H and O–H groups in total. The van der Waals surface area contributed by atoms with Crippen molar-refractivity contribution >= 4 is 17.6 Å². The third-order valence-corrected chi connectivity index (χ3v) is 3.60. The van der Waals surface area contributed by atoms with Crippen molar-refractivity contribution < 1.29 is 0 Å². The van der Waals surface area contributed by atoms with Crippen LogP contribution in [-0.2, 0) is 0 Å². The molecule has 0 fully saturated rings. The molecule has 3 heteroatoms. The second kappa shape index (κ2) is 5.58. The largest absolute Gasteiger partial charge is 0.367 e. The van der Waals surface area contributed by atoms with Gasteiger partial charge in [0.05, 0.1) is 0 Å². The molecular weight excluding hydrogens is 216 g/mol. The third-order valence-electron chi connectivity index (χ3n) is 2.07. The fraction of sp³-hybridized carbons (Fsp3) is 0.615. The van der Waals surface area contributed by atoms with Gasteiger partial charge in [-0.1, -0.05) is 26.8 Å². The van der Waals surface area contributed by atoms with Gasteiger partial charge in [-0.05, 0) is 25.5 Å². The van der Waals surface area contributed by atoms with Crippen molar-refractivity contribution in [3.8, 4) is 0 Å². The van der Waals surface area contributed by atoms with Crippen LogP contribution in [0.3, 0.4) is 0 Å². The van der Waals surface area contributed by atoms with Crippen LogP contribution in [0.15, 0.2) is 18.3 Å². The number of pyridine rings is 1. The average molecular weight is 238 g/mol. The molecule has 0 aliphatic heterocycles. The SMILES string of the molecule is Cc1ccc(NC(C)CSC(C)(C)C)nc1. The van der Waals surface area contributed by atoms with Gasteiger partial charge >= 0.3 is 0 Å². The lowest BCUT2D eigenvalue weighted by Gasteiger charge is -2.21. The van der Waals surface area contributed by atoms with Gasteiger partial charge in [0, 0.05) is 22.7 Å². The minimum Gasteiger partial charge on any atom is -0.367 e. The first-order valence-electron chi connectivity index (χ1n) is 5.70. The zero-order valence-corrected chi connectivity index (χ0v) is 11.7. The molecule has 0 aliphatic rings. The predicted octanol–water partition coefficient (Wildman–Crippen LogP) is 3.72. The van der Waals surface area contributed by atoms with E-state index in [-0.39, 0.29) is 0 Å². The number of hydrogen-bond acceptors (Lipinski definition) is 3. The molecule has 1 unspecified atom stereocenters. The Labute approximate surface area is 103 Å². The van der Waals surface area contributed by atoms with E-state index in [2.05, 4.69) is 51.0 Å². The Balaban J connectivity index is 2.39. The number of hydrogen-bond donors (Lipinski definition) is 1. The number of nitrogens with one attached hydrogen (secondary N) is 1. The Bertz CT molecular complexity index is 314. The normalized spacial score (nSPS) is 13.6. The summed E-state index contributed by atoms with van der Waals surface area (Å²) < 4.78 is 0.330. The summed E-state index contributed by atoms with van der Waals surface area (Å²) in [5.41, 5.74) is 1.20. The zero-order chi connectivity index (χ0) is 12.2. The van der Waals surface area contributed by atoms with Gasteiger partial charge in [0.1, 0.15) is 5.82 Å². The maximum absolute atomic E-state index is 4.34. The molecule has 1 heterocycles. The Morgan fingerprint density at radius 2 is 2.06 bits per heavy atom. The molecule has 1 aromatic heterocycles. The molecule has 0 saturated heterocycles. The van der Waals surface area contributed by atoms with E-state index in [1.165, 1.54) is 5.56 Å². The van der Waals surface area contributed by atoms with Crippen molar-refractivity contribution in [1.82, 2.24) is 4.98 Å². The van der Waals surface area contributed by atoms with Crippen LogP contribution in [0.25, 0.3) is 0 Å². The molecule has 1 aromatic rings. The number of aromatic nitrogens is 1. The summed E-state index contributed by atoms with van der Waals surface area (Å²) in [4.78, 5) is 4.34. The molecule has 0 spiro atoms. The Hall–Kier alpha value is -0.700. The van der Waals surface area contributed by atoms with Gasteiger partial charge in [0.2, 0.25) is 0 Å². The van der Waals surface area contributed by atoms with E-state index in [9.17, 15) is 0 Å². The molecule has 2 nitrogen and oxygen atoms in total. The van der Waals surface area contributed by atoms with Crippen molar-refractivity contribution in [2.45, 2.75) is 45.4 Å². The quantitative estimate of drug-likeness (QED) is 0.865. The maximum atomic E-state index is 4.34. The van der Waals surface area contributed by atoms with Crippen LogP contribution in [-0.4, -0.2) is 21.5 Å². The number of anilines is 1. The van der Waals surface area contributed by atoms with Crippen LogP contribution >= 0.6 is 11.8 Å². The van der Waals surface area contributed by atoms with E-state index >= 15 is 0 Å². The van der Waals surface area contributed by atoms with Crippen LogP contribution in [0.4, 0.5) is 5.82 Å². The summed E-state index contributed by atoms with van der Waals surface area (Å²) in [6.07, 6.45) is 1.89. The van der Waals surface area contributed by atoms with Crippen molar-refractivity contribution in [2.24, 2.45) is 0 Å². The highest BCUT2D eigenvalue weighted by Crippen LogP contribution is 2.24. The van der Waals surface area contributed by atoms with Gasteiger partial charge in [-0.3, -0.25) is 0 Å². The topological polar surface area (TPSA) is 24.9 Å². The summed E-state index contributed by atoms with van der Waals surface area (Å²) in [6, 6.07) is 4.56. The molecule has 16 heavy (non-hydrogen) atoms. The Morgan fingerprint density at radius 3 is 2.56 bits per heavy atom. The minimum absolute atomic E-state index is 0.330. The van der Waals surface area contributed by atoms with Crippen LogP contribution in [0.1, 0.15) is 33.3 Å². The maximum Gasteiger partial charge on any atom is 0.126 e. The molecule has 0 aromatic carbocycles. The van der Waals surface area contributed by atoms with Crippen molar-refractivity contribution in [2.75, 3.05) is 11.1 Å².